The third-order valence-corrected chi connectivity index (χ3v) is 9.80. The summed E-state index contributed by atoms with van der Waals surface area (Å²) in [4.78, 5) is 11.4. The van der Waals surface area contributed by atoms with Crippen LogP contribution in [-0.2, 0) is 9.53 Å². The van der Waals surface area contributed by atoms with Crippen LogP contribution in [0.4, 0.5) is 0 Å². The van der Waals surface area contributed by atoms with E-state index in [1.54, 1.807) is 6.92 Å². The Hall–Kier alpha value is -0.570. The van der Waals surface area contributed by atoms with E-state index in [1.165, 1.54) is 44.9 Å². The van der Waals surface area contributed by atoms with E-state index in [4.69, 9.17) is 4.74 Å². The Labute approximate surface area is 165 Å². The molecule has 0 bridgehead atoms. The van der Waals surface area contributed by atoms with Gasteiger partial charge in [0.2, 0.25) is 0 Å². The van der Waals surface area contributed by atoms with E-state index < -0.39 is 5.60 Å². The van der Waals surface area contributed by atoms with Gasteiger partial charge in [-0.25, -0.2) is 0 Å². The summed E-state index contributed by atoms with van der Waals surface area (Å²) < 4.78 is 5.59. The third-order valence-electron chi connectivity index (χ3n) is 9.80. The first-order chi connectivity index (χ1) is 12.6. The molecule has 0 saturated heterocycles. The summed E-state index contributed by atoms with van der Waals surface area (Å²) in [6.07, 6.45) is 11.3. The molecule has 0 amide bonds. The van der Waals surface area contributed by atoms with Gasteiger partial charge < -0.3 is 9.84 Å². The van der Waals surface area contributed by atoms with Crippen molar-refractivity contribution < 1.29 is 14.6 Å². The second-order valence-corrected chi connectivity index (χ2v) is 11.5. The van der Waals surface area contributed by atoms with Gasteiger partial charge in [0.25, 0.3) is 0 Å². The lowest BCUT2D eigenvalue weighted by Crippen LogP contribution is -2.55. The first kappa shape index (κ1) is 19.7. The highest BCUT2D eigenvalue weighted by Gasteiger charge is 2.61. The lowest BCUT2D eigenvalue weighted by molar-refractivity contribution is -0.163. The van der Waals surface area contributed by atoms with Crippen LogP contribution in [0.3, 0.4) is 0 Å². The fourth-order valence-electron chi connectivity index (χ4n) is 8.72. The van der Waals surface area contributed by atoms with E-state index in [9.17, 15) is 9.90 Å². The van der Waals surface area contributed by atoms with Crippen LogP contribution < -0.4 is 0 Å². The molecule has 27 heavy (non-hydrogen) atoms. The number of esters is 1. The molecule has 0 aromatic carbocycles. The van der Waals surface area contributed by atoms with Crippen LogP contribution in [0.25, 0.3) is 0 Å². The lowest BCUT2D eigenvalue weighted by Gasteiger charge is -2.61. The van der Waals surface area contributed by atoms with Crippen LogP contribution in [-0.4, -0.2) is 22.8 Å². The maximum atomic E-state index is 11.4. The number of hydrogen-bond acceptors (Lipinski definition) is 3. The first-order valence-corrected chi connectivity index (χ1v) is 11.5. The van der Waals surface area contributed by atoms with Crippen LogP contribution >= 0.6 is 0 Å². The fraction of sp³-hybridized carbons (Fsp3) is 0.958. The van der Waals surface area contributed by atoms with E-state index in [0.717, 1.165) is 30.6 Å². The average molecular weight is 377 g/mol. The number of rotatable bonds is 2. The number of carbonyl (C=O) groups is 1. The Bertz CT molecular complexity index is 593. The average Bonchev–Trinajstić information content (AvgIpc) is 2.92. The van der Waals surface area contributed by atoms with E-state index in [-0.39, 0.29) is 12.1 Å². The molecule has 4 rings (SSSR count). The van der Waals surface area contributed by atoms with Gasteiger partial charge in [0.15, 0.2) is 0 Å². The fourth-order valence-corrected chi connectivity index (χ4v) is 8.72. The smallest absolute Gasteiger partial charge is 0.302 e. The van der Waals surface area contributed by atoms with Gasteiger partial charge in [-0.3, -0.25) is 4.79 Å². The monoisotopic (exact) mass is 376 g/mol. The summed E-state index contributed by atoms with van der Waals surface area (Å²) in [5.74, 6) is 3.50. The van der Waals surface area contributed by atoms with Gasteiger partial charge in [0.1, 0.15) is 6.10 Å². The molecule has 4 aliphatic carbocycles. The molecule has 0 aromatic rings. The normalized spacial score (nSPS) is 49.7. The zero-order valence-corrected chi connectivity index (χ0v) is 18.1. The lowest BCUT2D eigenvalue weighted by atomic mass is 9.44. The maximum absolute atomic E-state index is 11.4. The molecule has 0 heterocycles. The zero-order chi connectivity index (χ0) is 19.6. The Kier molecular flexibility index (Phi) is 4.73. The van der Waals surface area contributed by atoms with Crippen LogP contribution in [0.1, 0.15) is 92.4 Å². The molecule has 3 heteroatoms. The Morgan fingerprint density at radius 2 is 1.63 bits per heavy atom. The number of aliphatic hydroxyl groups is 1. The molecule has 4 saturated carbocycles. The van der Waals surface area contributed by atoms with Crippen molar-refractivity contribution in [3.63, 3.8) is 0 Å². The van der Waals surface area contributed by atoms with Gasteiger partial charge in [0.05, 0.1) is 5.60 Å². The van der Waals surface area contributed by atoms with Crippen molar-refractivity contribution in [2.75, 3.05) is 0 Å². The second kappa shape index (κ2) is 6.47. The van der Waals surface area contributed by atoms with Gasteiger partial charge >= 0.3 is 5.97 Å². The van der Waals surface area contributed by atoms with Gasteiger partial charge in [0, 0.05) is 6.92 Å². The van der Waals surface area contributed by atoms with Crippen LogP contribution in [0, 0.1) is 40.4 Å². The van der Waals surface area contributed by atoms with Crippen molar-refractivity contribution in [3.05, 3.63) is 0 Å². The topological polar surface area (TPSA) is 46.5 Å². The molecule has 4 aliphatic rings. The van der Waals surface area contributed by atoms with Crippen molar-refractivity contribution >= 4 is 5.97 Å². The number of fused-ring (bicyclic) bond motifs is 5. The minimum absolute atomic E-state index is 0.116. The summed E-state index contributed by atoms with van der Waals surface area (Å²) in [5.41, 5.74) is 0.185. The predicted octanol–water partition coefficient (Wildman–Crippen LogP) is 5.35. The van der Waals surface area contributed by atoms with E-state index in [2.05, 4.69) is 13.8 Å². The molecular weight excluding hydrogens is 336 g/mol. The van der Waals surface area contributed by atoms with E-state index >= 15 is 0 Å². The number of hydrogen-bond donors (Lipinski definition) is 1. The third kappa shape index (κ3) is 3.07. The summed E-state index contributed by atoms with van der Waals surface area (Å²) in [7, 11) is 0. The molecule has 0 aromatic heterocycles. The molecule has 8 atom stereocenters. The largest absolute Gasteiger partial charge is 0.463 e. The van der Waals surface area contributed by atoms with Gasteiger partial charge in [-0.05, 0) is 112 Å². The van der Waals surface area contributed by atoms with Crippen molar-refractivity contribution in [1.82, 2.24) is 0 Å². The van der Waals surface area contributed by atoms with Crippen LogP contribution in [0.2, 0.25) is 0 Å². The Balaban J connectivity index is 1.54. The molecule has 0 unspecified atom stereocenters. The van der Waals surface area contributed by atoms with Gasteiger partial charge in [-0.2, -0.15) is 0 Å². The van der Waals surface area contributed by atoms with Crippen LogP contribution in [0.5, 0.6) is 0 Å². The second-order valence-electron chi connectivity index (χ2n) is 11.5. The van der Waals surface area contributed by atoms with Gasteiger partial charge in [-0.1, -0.05) is 13.8 Å². The summed E-state index contributed by atoms with van der Waals surface area (Å²) in [5, 5.41) is 10.8. The number of ether oxygens (including phenoxy) is 1. The first-order valence-electron chi connectivity index (χ1n) is 11.5. The van der Waals surface area contributed by atoms with Crippen molar-refractivity contribution in [2.24, 2.45) is 40.4 Å². The van der Waals surface area contributed by atoms with Crippen molar-refractivity contribution in [2.45, 2.75) is 104 Å². The molecule has 0 aliphatic heterocycles. The minimum Gasteiger partial charge on any atom is -0.463 e. The highest BCUT2D eigenvalue weighted by molar-refractivity contribution is 5.66. The quantitative estimate of drug-likeness (QED) is 0.661. The van der Waals surface area contributed by atoms with E-state index in [0.29, 0.717) is 22.7 Å². The summed E-state index contributed by atoms with van der Waals surface area (Å²) in [6.45, 7) is 10.7. The zero-order valence-electron chi connectivity index (χ0n) is 18.1. The highest BCUT2D eigenvalue weighted by Crippen LogP contribution is 2.68. The standard InChI is InChI=1S/C24H40O3/c1-15(25)27-17-10-12-23(4)16(14-17)6-7-18-19-8-9-21(22(2,3)26)24(19,5)13-11-20(18)23/h16-21,26H,6-14H2,1-5H3/t16-,17+,18-,19-,20-,21+,23-,24-/m0/s1. The molecule has 0 radical (unpaired) electrons. The molecule has 154 valence electrons. The molecule has 0 spiro atoms. The Morgan fingerprint density at radius 3 is 2.30 bits per heavy atom. The summed E-state index contributed by atoms with van der Waals surface area (Å²) >= 11 is 0. The van der Waals surface area contributed by atoms with Crippen molar-refractivity contribution in [3.8, 4) is 0 Å². The Morgan fingerprint density at radius 1 is 0.963 bits per heavy atom. The summed E-state index contributed by atoms with van der Waals surface area (Å²) in [6, 6.07) is 0. The molecule has 1 N–H and O–H groups in total. The van der Waals surface area contributed by atoms with Crippen molar-refractivity contribution in [1.29, 1.82) is 0 Å². The molecule has 4 fully saturated rings. The van der Waals surface area contributed by atoms with Crippen LogP contribution in [0.15, 0.2) is 0 Å². The maximum Gasteiger partial charge on any atom is 0.302 e. The molecular formula is C24H40O3. The SMILES string of the molecule is CC(=O)O[C@@H]1CC[C@@]2(C)[C@@H](CC[C@@H]3[C@@H]2CC[C@]2(C)[C@@H](C(C)(C)O)CC[C@@H]32)C1. The minimum atomic E-state index is -0.556. The van der Waals surface area contributed by atoms with Gasteiger partial charge in [-0.15, -0.1) is 0 Å². The molecule has 3 nitrogen and oxygen atoms in total. The highest BCUT2D eigenvalue weighted by atomic mass is 16.5. The number of carbonyl (C=O) groups excluding carboxylic acids is 1. The predicted molar refractivity (Wildman–Crippen MR) is 107 cm³/mol. The van der Waals surface area contributed by atoms with E-state index in [1.807, 2.05) is 13.8 Å².